The maximum atomic E-state index is 12.3. The van der Waals surface area contributed by atoms with Crippen molar-refractivity contribution in [3.05, 3.63) is 11.3 Å². The Bertz CT molecular complexity index is 614. The first-order valence-corrected chi connectivity index (χ1v) is 7.78. The smallest absolute Gasteiger partial charge is 0.352 e. The normalized spacial score (nSPS) is 33.7. The van der Waals surface area contributed by atoms with Crippen LogP contribution in [0.25, 0.3) is 0 Å². The Morgan fingerprint density at radius 1 is 1.39 bits per heavy atom. The van der Waals surface area contributed by atoms with E-state index in [0.717, 1.165) is 12.8 Å². The quantitative estimate of drug-likeness (QED) is 0.617. The molecule has 1 aliphatic carbocycles. The van der Waals surface area contributed by atoms with Gasteiger partial charge in [0.2, 0.25) is 5.91 Å². The molecule has 3 amide bonds. The Morgan fingerprint density at radius 3 is 2.57 bits per heavy atom. The van der Waals surface area contributed by atoms with E-state index in [2.05, 4.69) is 0 Å². The number of hydrogen-bond acceptors (Lipinski definition) is 4. The van der Waals surface area contributed by atoms with E-state index in [0.29, 0.717) is 12.0 Å². The second-order valence-electron chi connectivity index (χ2n) is 6.58. The highest BCUT2D eigenvalue weighted by atomic mass is 16.4. The van der Waals surface area contributed by atoms with Crippen molar-refractivity contribution in [2.24, 2.45) is 17.6 Å². The summed E-state index contributed by atoms with van der Waals surface area (Å²) < 4.78 is 0. The van der Waals surface area contributed by atoms with Crippen LogP contribution in [0, 0.1) is 11.8 Å². The van der Waals surface area contributed by atoms with Gasteiger partial charge in [-0.25, -0.2) is 9.59 Å². The number of primary amides is 1. The van der Waals surface area contributed by atoms with Crippen LogP contribution in [0.2, 0.25) is 0 Å². The molecule has 2 aliphatic heterocycles. The average Bonchev–Trinajstić information content (AvgIpc) is 2.76. The molecule has 0 aromatic heterocycles. The number of amides is 3. The third kappa shape index (κ3) is 2.04. The van der Waals surface area contributed by atoms with Gasteiger partial charge in [0.1, 0.15) is 5.70 Å². The number of carboxylic acid groups (broad SMARTS) is 1. The molecule has 0 bridgehead atoms. The Hall–Kier alpha value is -2.09. The molecule has 5 atom stereocenters. The van der Waals surface area contributed by atoms with Crippen molar-refractivity contribution in [1.82, 2.24) is 9.80 Å². The van der Waals surface area contributed by atoms with Crippen LogP contribution in [0.15, 0.2) is 11.3 Å². The van der Waals surface area contributed by atoms with Gasteiger partial charge >= 0.3 is 12.0 Å². The number of hydrogen-bond donors (Lipinski definition) is 3. The summed E-state index contributed by atoms with van der Waals surface area (Å²) in [6, 6.07) is -1.36. The monoisotopic (exact) mass is 323 g/mol. The summed E-state index contributed by atoms with van der Waals surface area (Å²) in [4.78, 5) is 38.3. The molecule has 0 aromatic carbocycles. The Labute approximate surface area is 133 Å². The van der Waals surface area contributed by atoms with Crippen molar-refractivity contribution in [2.45, 2.75) is 44.4 Å². The number of aliphatic hydroxyl groups is 1. The number of urea groups is 1. The molecular weight excluding hydrogens is 302 g/mol. The molecule has 126 valence electrons. The molecule has 4 N–H and O–H groups in total. The summed E-state index contributed by atoms with van der Waals surface area (Å²) >= 11 is 0. The number of nitrogens with zero attached hydrogens (tertiary/aromatic N) is 2. The molecule has 0 spiro atoms. The van der Waals surface area contributed by atoms with Crippen molar-refractivity contribution in [3.63, 3.8) is 0 Å². The fraction of sp³-hybridized carbons (Fsp3) is 0.667. The molecule has 1 saturated heterocycles. The Morgan fingerprint density at radius 2 is 2.04 bits per heavy atom. The summed E-state index contributed by atoms with van der Waals surface area (Å²) in [5.41, 5.74) is 5.93. The highest BCUT2D eigenvalue weighted by Gasteiger charge is 2.62. The van der Waals surface area contributed by atoms with Gasteiger partial charge < -0.3 is 25.7 Å². The zero-order chi connectivity index (χ0) is 17.0. The lowest BCUT2D eigenvalue weighted by atomic mass is 9.71. The van der Waals surface area contributed by atoms with Gasteiger partial charge in [0, 0.05) is 13.0 Å². The predicted molar refractivity (Wildman–Crippen MR) is 78.9 cm³/mol. The minimum absolute atomic E-state index is 0.0281. The molecule has 0 radical (unpaired) electrons. The molecule has 3 rings (SSSR count). The minimum Gasteiger partial charge on any atom is -0.477 e. The van der Waals surface area contributed by atoms with Crippen molar-refractivity contribution in [3.8, 4) is 0 Å². The van der Waals surface area contributed by atoms with E-state index >= 15 is 0 Å². The standard InChI is InChI=1S/C15H21N3O5/c1-6(19)9-11-7-4-3-5-8(17(2)15(16)23)10(7)12(14(21)22)18(11)13(9)20/h6-9,11,19H,3-5H2,1-2H3,(H2,16,23)(H,21,22). The van der Waals surface area contributed by atoms with Crippen molar-refractivity contribution >= 4 is 17.9 Å². The summed E-state index contributed by atoms with van der Waals surface area (Å²) in [5, 5.41) is 19.5. The van der Waals surface area contributed by atoms with Crippen LogP contribution < -0.4 is 5.73 Å². The summed E-state index contributed by atoms with van der Waals surface area (Å²) in [6.07, 6.45) is 1.35. The second-order valence-corrected chi connectivity index (χ2v) is 6.58. The van der Waals surface area contributed by atoms with Gasteiger partial charge in [0.15, 0.2) is 0 Å². The number of aliphatic hydroxyl groups excluding tert-OH is 1. The fourth-order valence-electron chi connectivity index (χ4n) is 4.41. The van der Waals surface area contributed by atoms with E-state index in [-0.39, 0.29) is 23.6 Å². The molecule has 5 unspecified atom stereocenters. The molecule has 1 saturated carbocycles. The Balaban J connectivity index is 2.06. The number of β-lactam (4-membered cyclic amide) rings is 1. The van der Waals surface area contributed by atoms with Crippen LogP contribution in [0.5, 0.6) is 0 Å². The van der Waals surface area contributed by atoms with E-state index in [1.165, 1.54) is 9.80 Å². The molecule has 8 heteroatoms. The SMILES string of the molecule is CC(O)C1C(=O)N2C(C(=O)O)=C3C(CCCC3N(C)C(N)=O)C12. The van der Waals surface area contributed by atoms with Crippen molar-refractivity contribution in [1.29, 1.82) is 0 Å². The number of carbonyl (C=O) groups is 3. The van der Waals surface area contributed by atoms with Crippen LogP contribution in [-0.2, 0) is 9.59 Å². The van der Waals surface area contributed by atoms with Crippen molar-refractivity contribution in [2.75, 3.05) is 7.05 Å². The lowest BCUT2D eigenvalue weighted by molar-refractivity contribution is -0.163. The Kier molecular flexibility index (Phi) is 3.59. The molecular formula is C15H21N3O5. The molecule has 8 nitrogen and oxygen atoms in total. The highest BCUT2D eigenvalue weighted by molar-refractivity contribution is 6.00. The van der Waals surface area contributed by atoms with Gasteiger partial charge in [-0.2, -0.15) is 0 Å². The van der Waals surface area contributed by atoms with Gasteiger partial charge in [-0.05, 0) is 25.3 Å². The van der Waals surface area contributed by atoms with E-state index in [1.54, 1.807) is 14.0 Å². The maximum absolute atomic E-state index is 12.3. The third-order valence-electron chi connectivity index (χ3n) is 5.40. The summed E-state index contributed by atoms with van der Waals surface area (Å²) in [7, 11) is 1.55. The van der Waals surface area contributed by atoms with Crippen LogP contribution in [0.4, 0.5) is 4.79 Å². The number of aliphatic carboxylic acids is 1. The maximum Gasteiger partial charge on any atom is 0.352 e. The van der Waals surface area contributed by atoms with Gasteiger partial charge in [0.05, 0.1) is 24.1 Å². The molecule has 3 aliphatic rings. The first kappa shape index (κ1) is 15.8. The summed E-state index contributed by atoms with van der Waals surface area (Å²) in [6.45, 7) is 1.55. The number of nitrogens with two attached hydrogens (primary N) is 1. The fourth-order valence-corrected chi connectivity index (χ4v) is 4.41. The van der Waals surface area contributed by atoms with Crippen molar-refractivity contribution < 1.29 is 24.6 Å². The topological polar surface area (TPSA) is 124 Å². The van der Waals surface area contributed by atoms with E-state index in [9.17, 15) is 24.6 Å². The van der Waals surface area contributed by atoms with Gasteiger partial charge in [-0.15, -0.1) is 0 Å². The largest absolute Gasteiger partial charge is 0.477 e. The number of fused-ring (bicyclic) bond motifs is 3. The van der Waals surface area contributed by atoms with Crippen LogP contribution in [-0.4, -0.2) is 63.2 Å². The number of carbonyl (C=O) groups excluding carboxylic acids is 2. The zero-order valence-corrected chi connectivity index (χ0v) is 13.1. The van der Waals surface area contributed by atoms with Crippen LogP contribution in [0.3, 0.4) is 0 Å². The highest BCUT2D eigenvalue weighted by Crippen LogP contribution is 2.52. The number of carboxylic acids is 1. The van der Waals surface area contributed by atoms with Gasteiger partial charge in [-0.1, -0.05) is 6.42 Å². The zero-order valence-electron chi connectivity index (χ0n) is 13.1. The average molecular weight is 323 g/mol. The first-order valence-electron chi connectivity index (χ1n) is 7.78. The lowest BCUT2D eigenvalue weighted by Crippen LogP contribution is -2.64. The van der Waals surface area contributed by atoms with E-state index < -0.39 is 30.1 Å². The molecule has 2 heterocycles. The second kappa shape index (κ2) is 5.23. The van der Waals surface area contributed by atoms with Gasteiger partial charge in [-0.3, -0.25) is 4.79 Å². The minimum atomic E-state index is -1.17. The predicted octanol–water partition coefficient (Wildman–Crippen LogP) is -0.274. The first-order chi connectivity index (χ1) is 10.8. The lowest BCUT2D eigenvalue weighted by Gasteiger charge is -2.47. The van der Waals surface area contributed by atoms with E-state index in [1.807, 2.05) is 0 Å². The number of rotatable bonds is 3. The molecule has 23 heavy (non-hydrogen) atoms. The molecule has 0 aromatic rings. The third-order valence-corrected chi connectivity index (χ3v) is 5.40. The molecule has 2 fully saturated rings. The van der Waals surface area contributed by atoms with Crippen LogP contribution >= 0.6 is 0 Å². The van der Waals surface area contributed by atoms with E-state index in [4.69, 9.17) is 5.73 Å². The number of likely N-dealkylation sites (N-methyl/N-ethyl adjacent to an activating group) is 1. The van der Waals surface area contributed by atoms with Gasteiger partial charge in [0.25, 0.3) is 0 Å². The summed E-state index contributed by atoms with van der Waals surface area (Å²) in [5.74, 6) is -2.25. The van der Waals surface area contributed by atoms with Crippen LogP contribution in [0.1, 0.15) is 26.2 Å².